The first-order chi connectivity index (χ1) is 13.6. The normalized spacial score (nSPS) is 14.9. The number of benzene rings is 1. The summed E-state index contributed by atoms with van der Waals surface area (Å²) in [4.78, 5) is 32.0. The summed E-state index contributed by atoms with van der Waals surface area (Å²) < 4.78 is 5.79. The van der Waals surface area contributed by atoms with E-state index in [1.54, 1.807) is 24.5 Å². The van der Waals surface area contributed by atoms with Crippen LogP contribution in [0.3, 0.4) is 0 Å². The summed E-state index contributed by atoms with van der Waals surface area (Å²) in [6, 6.07) is 8.86. The number of aromatic carboxylic acids is 1. The van der Waals surface area contributed by atoms with Gasteiger partial charge in [0, 0.05) is 28.6 Å². The molecule has 1 aliphatic rings. The number of ketones is 1. The van der Waals surface area contributed by atoms with E-state index in [0.717, 1.165) is 28.3 Å². The van der Waals surface area contributed by atoms with Crippen molar-refractivity contribution in [2.45, 2.75) is 19.3 Å². The molecule has 28 heavy (non-hydrogen) atoms. The third-order valence-electron chi connectivity index (χ3n) is 4.61. The number of hydrogen-bond acceptors (Lipinski definition) is 5. The van der Waals surface area contributed by atoms with Gasteiger partial charge in [0.1, 0.15) is 10.6 Å². The summed E-state index contributed by atoms with van der Waals surface area (Å²) >= 11 is 1.17. The van der Waals surface area contributed by atoms with Gasteiger partial charge in [0.15, 0.2) is 5.78 Å². The van der Waals surface area contributed by atoms with Gasteiger partial charge in [-0.15, -0.1) is 11.3 Å². The first-order valence-corrected chi connectivity index (χ1v) is 9.73. The molecule has 4 rings (SSSR count). The van der Waals surface area contributed by atoms with Crippen molar-refractivity contribution in [1.29, 1.82) is 0 Å². The smallest absolute Gasteiger partial charge is 0.345 e. The van der Waals surface area contributed by atoms with Crippen molar-refractivity contribution in [2.24, 2.45) is 0 Å². The maximum absolute atomic E-state index is 12.8. The molecule has 2 N–H and O–H groups in total. The zero-order valence-electron chi connectivity index (χ0n) is 15.0. The summed E-state index contributed by atoms with van der Waals surface area (Å²) in [7, 11) is 0. The number of carboxylic acids is 1. The number of nitrogens with one attached hydrogen (secondary N) is 1. The van der Waals surface area contributed by atoms with Crippen LogP contribution in [0.2, 0.25) is 0 Å². The molecule has 142 valence electrons. The van der Waals surface area contributed by atoms with Crippen molar-refractivity contribution < 1.29 is 19.4 Å². The number of rotatable bonds is 6. The van der Waals surface area contributed by atoms with Gasteiger partial charge in [-0.3, -0.25) is 4.79 Å². The SMILES string of the molecule is O=C(O)c1ccc(C=C2CCc3cc(OCCc4c[nH]cn4)ccc3C2=O)s1. The predicted octanol–water partition coefficient (Wildman–Crippen LogP) is 4.00. The number of nitrogens with zero attached hydrogens (tertiary/aromatic N) is 1. The number of carboxylic acid groups (broad SMARTS) is 1. The minimum atomic E-state index is -0.949. The van der Waals surface area contributed by atoms with Crippen LogP contribution in [-0.2, 0) is 12.8 Å². The lowest BCUT2D eigenvalue weighted by Gasteiger charge is -2.18. The zero-order chi connectivity index (χ0) is 19.5. The van der Waals surface area contributed by atoms with E-state index in [2.05, 4.69) is 9.97 Å². The lowest BCUT2D eigenvalue weighted by atomic mass is 9.86. The summed E-state index contributed by atoms with van der Waals surface area (Å²) in [6.07, 6.45) is 7.38. The van der Waals surface area contributed by atoms with E-state index >= 15 is 0 Å². The minimum Gasteiger partial charge on any atom is -0.493 e. The summed E-state index contributed by atoms with van der Waals surface area (Å²) in [6.45, 7) is 0.521. The van der Waals surface area contributed by atoms with E-state index in [1.807, 2.05) is 24.4 Å². The van der Waals surface area contributed by atoms with Gasteiger partial charge in [-0.05, 0) is 54.8 Å². The third-order valence-corrected chi connectivity index (χ3v) is 5.63. The molecule has 1 aromatic carbocycles. The third kappa shape index (κ3) is 3.89. The molecule has 2 heterocycles. The van der Waals surface area contributed by atoms with E-state index in [9.17, 15) is 9.59 Å². The van der Waals surface area contributed by atoms with Crippen molar-refractivity contribution in [2.75, 3.05) is 6.61 Å². The average molecular weight is 394 g/mol. The Morgan fingerprint density at radius 1 is 1.29 bits per heavy atom. The topological polar surface area (TPSA) is 92.3 Å². The minimum absolute atomic E-state index is 0.00500. The number of Topliss-reactive ketones (excluding diaryl/α,β-unsaturated/α-hetero) is 1. The number of aromatic amines is 1. The van der Waals surface area contributed by atoms with Crippen LogP contribution in [-0.4, -0.2) is 33.4 Å². The van der Waals surface area contributed by atoms with Gasteiger partial charge in [-0.25, -0.2) is 9.78 Å². The quantitative estimate of drug-likeness (QED) is 0.617. The Labute approximate surface area is 165 Å². The largest absolute Gasteiger partial charge is 0.493 e. The Morgan fingerprint density at radius 3 is 2.93 bits per heavy atom. The Kier molecular flexibility index (Phi) is 5.08. The van der Waals surface area contributed by atoms with Gasteiger partial charge >= 0.3 is 5.97 Å². The van der Waals surface area contributed by atoms with E-state index in [0.29, 0.717) is 30.6 Å². The molecular weight excluding hydrogens is 376 g/mol. The molecule has 0 spiro atoms. The molecule has 0 atom stereocenters. The molecule has 3 aromatic rings. The van der Waals surface area contributed by atoms with E-state index in [-0.39, 0.29) is 10.7 Å². The second-order valence-corrected chi connectivity index (χ2v) is 7.60. The van der Waals surface area contributed by atoms with Crippen molar-refractivity contribution in [1.82, 2.24) is 9.97 Å². The van der Waals surface area contributed by atoms with Gasteiger partial charge < -0.3 is 14.8 Å². The second kappa shape index (κ2) is 7.82. The molecule has 0 bridgehead atoms. The monoisotopic (exact) mass is 394 g/mol. The van der Waals surface area contributed by atoms with Crippen molar-refractivity contribution in [3.8, 4) is 5.75 Å². The van der Waals surface area contributed by atoms with Crippen LogP contribution >= 0.6 is 11.3 Å². The number of fused-ring (bicyclic) bond motifs is 1. The number of thiophene rings is 1. The van der Waals surface area contributed by atoms with E-state index < -0.39 is 5.97 Å². The van der Waals surface area contributed by atoms with Crippen LogP contribution < -0.4 is 4.74 Å². The standard InChI is InChI=1S/C21H18N2O4S/c24-20-14(10-17-4-6-19(28-17)21(25)26)2-1-13-9-16(3-5-18(13)20)27-8-7-15-11-22-12-23-15/h3-6,9-12H,1-2,7-8H2,(H,22,23)(H,25,26). The molecule has 0 saturated heterocycles. The van der Waals surface area contributed by atoms with E-state index in [4.69, 9.17) is 9.84 Å². The fraction of sp³-hybridized carbons (Fsp3) is 0.190. The number of imidazole rings is 1. The lowest BCUT2D eigenvalue weighted by Crippen LogP contribution is -2.14. The molecule has 0 unspecified atom stereocenters. The fourth-order valence-electron chi connectivity index (χ4n) is 3.20. The summed E-state index contributed by atoms with van der Waals surface area (Å²) in [5, 5.41) is 9.03. The van der Waals surface area contributed by atoms with Gasteiger partial charge in [-0.2, -0.15) is 0 Å². The molecule has 0 radical (unpaired) electrons. The molecule has 0 fully saturated rings. The highest BCUT2D eigenvalue weighted by Gasteiger charge is 2.22. The van der Waals surface area contributed by atoms with Gasteiger partial charge in [0.25, 0.3) is 0 Å². The maximum Gasteiger partial charge on any atom is 0.345 e. The van der Waals surface area contributed by atoms with E-state index in [1.165, 1.54) is 11.3 Å². The van der Waals surface area contributed by atoms with Crippen molar-refractivity contribution in [3.05, 3.63) is 75.0 Å². The lowest BCUT2D eigenvalue weighted by molar-refractivity contribution is 0.0702. The second-order valence-electron chi connectivity index (χ2n) is 6.48. The van der Waals surface area contributed by atoms with Crippen LogP contribution in [0.1, 0.15) is 42.6 Å². The highest BCUT2D eigenvalue weighted by molar-refractivity contribution is 7.14. The van der Waals surface area contributed by atoms with Gasteiger partial charge in [0.05, 0.1) is 18.6 Å². The number of hydrogen-bond donors (Lipinski definition) is 2. The van der Waals surface area contributed by atoms with Crippen molar-refractivity contribution in [3.63, 3.8) is 0 Å². The van der Waals surface area contributed by atoms with Crippen LogP contribution in [0, 0.1) is 0 Å². The Bertz CT molecular complexity index is 1050. The Hall–Kier alpha value is -3.19. The fourth-order valence-corrected chi connectivity index (χ4v) is 4.01. The summed E-state index contributed by atoms with van der Waals surface area (Å²) in [5.74, 6) is -0.205. The molecule has 1 aliphatic carbocycles. The molecule has 7 heteroatoms. The molecule has 0 saturated carbocycles. The number of carbonyl (C=O) groups is 2. The van der Waals surface area contributed by atoms with Crippen molar-refractivity contribution >= 4 is 29.2 Å². The maximum atomic E-state index is 12.8. The number of ether oxygens (including phenoxy) is 1. The number of allylic oxidation sites excluding steroid dienone is 1. The van der Waals surface area contributed by atoms with Crippen LogP contribution in [0.4, 0.5) is 0 Å². The molecule has 6 nitrogen and oxygen atoms in total. The Balaban J connectivity index is 1.45. The van der Waals surface area contributed by atoms with Crippen LogP contribution in [0.15, 0.2) is 48.4 Å². The van der Waals surface area contributed by atoms with Crippen LogP contribution in [0.25, 0.3) is 6.08 Å². The predicted molar refractivity (Wildman–Crippen MR) is 106 cm³/mol. The van der Waals surface area contributed by atoms with Gasteiger partial charge in [0.2, 0.25) is 0 Å². The molecule has 0 amide bonds. The van der Waals surface area contributed by atoms with Gasteiger partial charge in [-0.1, -0.05) is 0 Å². The zero-order valence-corrected chi connectivity index (χ0v) is 15.8. The first-order valence-electron chi connectivity index (χ1n) is 8.92. The summed E-state index contributed by atoms with van der Waals surface area (Å²) in [5.41, 5.74) is 3.32. The molecule has 0 aliphatic heterocycles. The highest BCUT2D eigenvalue weighted by Crippen LogP contribution is 2.30. The number of carbonyl (C=O) groups excluding carboxylic acids is 1. The molecule has 2 aromatic heterocycles. The first kappa shape index (κ1) is 18.2. The highest BCUT2D eigenvalue weighted by atomic mass is 32.1. The average Bonchev–Trinajstić information content (AvgIpc) is 3.36. The number of aryl methyl sites for hydroxylation is 1. The number of aromatic nitrogens is 2. The Morgan fingerprint density at radius 2 is 2.18 bits per heavy atom. The van der Waals surface area contributed by atoms with Crippen LogP contribution in [0.5, 0.6) is 5.75 Å². The number of H-pyrrole nitrogens is 1. The molecular formula is C21H18N2O4S.